The molecule has 106 valence electrons. The molecular weight excluding hydrogens is 224 g/mol. The Labute approximate surface area is 112 Å². The second-order valence-corrected chi connectivity index (χ2v) is 6.77. The van der Waals surface area contributed by atoms with Crippen LogP contribution in [0.5, 0.6) is 0 Å². The monoisotopic (exact) mass is 254 g/mol. The van der Waals surface area contributed by atoms with E-state index >= 15 is 0 Å². The molecule has 2 saturated heterocycles. The molecule has 2 aliphatic rings. The molecule has 2 heterocycles. The van der Waals surface area contributed by atoms with Gasteiger partial charge in [0.15, 0.2) is 0 Å². The molecule has 2 atom stereocenters. The maximum atomic E-state index is 6.12. The molecule has 0 radical (unpaired) electrons. The Morgan fingerprint density at radius 2 is 2.06 bits per heavy atom. The minimum atomic E-state index is 0.144. The van der Waals surface area contributed by atoms with Gasteiger partial charge in [0, 0.05) is 24.6 Å². The first-order valence-electron chi connectivity index (χ1n) is 7.57. The Kier molecular flexibility index (Phi) is 4.35. The number of ether oxygens (including phenoxy) is 1. The van der Waals surface area contributed by atoms with E-state index in [0.29, 0.717) is 11.3 Å². The molecule has 2 unspecified atom stereocenters. The number of rotatable bonds is 4. The van der Waals surface area contributed by atoms with Gasteiger partial charge in [-0.05, 0) is 44.7 Å². The second kappa shape index (κ2) is 5.48. The van der Waals surface area contributed by atoms with Crippen LogP contribution in [0.4, 0.5) is 0 Å². The van der Waals surface area contributed by atoms with Gasteiger partial charge in [0.2, 0.25) is 0 Å². The SMILES string of the molecule is CCC1(C)CCN(C(C)(CN)C2CCOC2)CC1. The average Bonchev–Trinajstić information content (AvgIpc) is 2.93. The maximum absolute atomic E-state index is 6.12. The molecule has 0 aliphatic carbocycles. The van der Waals surface area contributed by atoms with Crippen molar-refractivity contribution in [3.05, 3.63) is 0 Å². The number of hydrogen-bond acceptors (Lipinski definition) is 3. The van der Waals surface area contributed by atoms with Crippen molar-refractivity contribution in [1.29, 1.82) is 0 Å². The van der Waals surface area contributed by atoms with Crippen LogP contribution in [0.25, 0.3) is 0 Å². The van der Waals surface area contributed by atoms with E-state index in [1.54, 1.807) is 0 Å². The van der Waals surface area contributed by atoms with Gasteiger partial charge in [0.05, 0.1) is 6.61 Å². The summed E-state index contributed by atoms with van der Waals surface area (Å²) in [4.78, 5) is 2.64. The van der Waals surface area contributed by atoms with Crippen molar-refractivity contribution in [2.24, 2.45) is 17.1 Å². The Morgan fingerprint density at radius 1 is 1.39 bits per heavy atom. The summed E-state index contributed by atoms with van der Waals surface area (Å²) in [6.45, 7) is 12.1. The molecule has 0 aromatic carbocycles. The third-order valence-corrected chi connectivity index (χ3v) is 5.77. The minimum Gasteiger partial charge on any atom is -0.381 e. The van der Waals surface area contributed by atoms with Crippen LogP contribution in [0, 0.1) is 11.3 Å². The fourth-order valence-electron chi connectivity index (χ4n) is 3.49. The molecule has 0 aromatic rings. The number of nitrogens with zero attached hydrogens (tertiary/aromatic N) is 1. The Morgan fingerprint density at radius 3 is 2.50 bits per heavy atom. The van der Waals surface area contributed by atoms with E-state index in [0.717, 1.165) is 19.8 Å². The zero-order valence-electron chi connectivity index (χ0n) is 12.4. The molecule has 2 aliphatic heterocycles. The molecule has 2 fully saturated rings. The van der Waals surface area contributed by atoms with E-state index in [2.05, 4.69) is 25.7 Å². The van der Waals surface area contributed by atoms with Gasteiger partial charge in [-0.3, -0.25) is 4.90 Å². The highest BCUT2D eigenvalue weighted by Gasteiger charge is 2.43. The number of likely N-dealkylation sites (tertiary alicyclic amines) is 1. The van der Waals surface area contributed by atoms with Crippen LogP contribution in [-0.4, -0.2) is 43.3 Å². The van der Waals surface area contributed by atoms with Crippen molar-refractivity contribution < 1.29 is 4.74 Å². The number of nitrogens with two attached hydrogens (primary N) is 1. The van der Waals surface area contributed by atoms with Gasteiger partial charge in [0.25, 0.3) is 0 Å². The standard InChI is InChI=1S/C15H30N2O/c1-4-14(2)6-8-17(9-7-14)15(3,12-16)13-5-10-18-11-13/h13H,4-12,16H2,1-3H3. The van der Waals surface area contributed by atoms with Crippen LogP contribution >= 0.6 is 0 Å². The van der Waals surface area contributed by atoms with E-state index in [1.807, 2.05) is 0 Å². The van der Waals surface area contributed by atoms with Crippen LogP contribution in [0.15, 0.2) is 0 Å². The molecule has 0 aromatic heterocycles. The van der Waals surface area contributed by atoms with Crippen molar-refractivity contribution >= 4 is 0 Å². The summed E-state index contributed by atoms with van der Waals surface area (Å²) in [5.41, 5.74) is 6.82. The van der Waals surface area contributed by atoms with Gasteiger partial charge in [-0.1, -0.05) is 20.3 Å². The highest BCUT2D eigenvalue weighted by Crippen LogP contribution is 2.39. The zero-order chi connectivity index (χ0) is 13.2. The summed E-state index contributed by atoms with van der Waals surface area (Å²) in [7, 11) is 0. The number of piperidine rings is 1. The predicted molar refractivity (Wildman–Crippen MR) is 75.6 cm³/mol. The van der Waals surface area contributed by atoms with E-state index < -0.39 is 0 Å². The van der Waals surface area contributed by atoms with Crippen molar-refractivity contribution in [2.75, 3.05) is 32.8 Å². The van der Waals surface area contributed by atoms with E-state index in [1.165, 1.54) is 38.8 Å². The van der Waals surface area contributed by atoms with Crippen LogP contribution in [-0.2, 0) is 4.74 Å². The summed E-state index contributed by atoms with van der Waals surface area (Å²) in [6, 6.07) is 0. The smallest absolute Gasteiger partial charge is 0.0513 e. The van der Waals surface area contributed by atoms with Gasteiger partial charge in [-0.25, -0.2) is 0 Å². The van der Waals surface area contributed by atoms with Gasteiger partial charge >= 0.3 is 0 Å². The highest BCUT2D eigenvalue weighted by molar-refractivity contribution is 4.98. The van der Waals surface area contributed by atoms with Crippen molar-refractivity contribution in [3.8, 4) is 0 Å². The normalized spacial score (nSPS) is 32.3. The second-order valence-electron chi connectivity index (χ2n) is 6.77. The first kappa shape index (κ1) is 14.3. The zero-order valence-corrected chi connectivity index (χ0v) is 12.4. The molecule has 3 nitrogen and oxygen atoms in total. The van der Waals surface area contributed by atoms with Gasteiger partial charge in [-0.2, -0.15) is 0 Å². The Balaban J connectivity index is 2.01. The molecule has 2 N–H and O–H groups in total. The molecule has 0 spiro atoms. The van der Waals surface area contributed by atoms with Crippen molar-refractivity contribution in [3.63, 3.8) is 0 Å². The lowest BCUT2D eigenvalue weighted by Gasteiger charge is -2.50. The van der Waals surface area contributed by atoms with Crippen molar-refractivity contribution in [2.45, 2.75) is 52.0 Å². The van der Waals surface area contributed by atoms with E-state index in [-0.39, 0.29) is 5.54 Å². The Bertz CT molecular complexity index is 268. The van der Waals surface area contributed by atoms with Gasteiger partial charge < -0.3 is 10.5 Å². The fourth-order valence-corrected chi connectivity index (χ4v) is 3.49. The quantitative estimate of drug-likeness (QED) is 0.836. The molecule has 0 amide bonds. The molecule has 18 heavy (non-hydrogen) atoms. The van der Waals surface area contributed by atoms with Crippen LogP contribution < -0.4 is 5.73 Å². The van der Waals surface area contributed by atoms with Crippen LogP contribution in [0.3, 0.4) is 0 Å². The fraction of sp³-hybridized carbons (Fsp3) is 1.00. The minimum absolute atomic E-state index is 0.144. The molecule has 0 bridgehead atoms. The summed E-state index contributed by atoms with van der Waals surface area (Å²) in [6.07, 6.45) is 5.10. The first-order valence-corrected chi connectivity index (χ1v) is 7.57. The molecular formula is C15H30N2O. The predicted octanol–water partition coefficient (Wildman–Crippen LogP) is 2.25. The summed E-state index contributed by atoms with van der Waals surface area (Å²) in [5.74, 6) is 0.619. The first-order chi connectivity index (χ1) is 8.54. The van der Waals surface area contributed by atoms with Crippen molar-refractivity contribution in [1.82, 2.24) is 4.90 Å². The Hall–Kier alpha value is -0.120. The average molecular weight is 254 g/mol. The third kappa shape index (κ3) is 2.59. The third-order valence-electron chi connectivity index (χ3n) is 5.77. The highest BCUT2D eigenvalue weighted by atomic mass is 16.5. The molecule has 2 rings (SSSR count). The molecule has 0 saturated carbocycles. The maximum Gasteiger partial charge on any atom is 0.0513 e. The van der Waals surface area contributed by atoms with Crippen LogP contribution in [0.1, 0.15) is 46.5 Å². The summed E-state index contributed by atoms with van der Waals surface area (Å²) in [5, 5.41) is 0. The summed E-state index contributed by atoms with van der Waals surface area (Å²) >= 11 is 0. The lowest BCUT2D eigenvalue weighted by atomic mass is 9.75. The van der Waals surface area contributed by atoms with E-state index in [4.69, 9.17) is 10.5 Å². The van der Waals surface area contributed by atoms with Crippen LogP contribution in [0.2, 0.25) is 0 Å². The van der Waals surface area contributed by atoms with Gasteiger partial charge in [0.1, 0.15) is 0 Å². The van der Waals surface area contributed by atoms with E-state index in [9.17, 15) is 0 Å². The largest absolute Gasteiger partial charge is 0.381 e. The lowest BCUT2D eigenvalue weighted by molar-refractivity contribution is -0.00232. The van der Waals surface area contributed by atoms with Gasteiger partial charge in [-0.15, -0.1) is 0 Å². The topological polar surface area (TPSA) is 38.5 Å². The lowest BCUT2D eigenvalue weighted by Crippen LogP contribution is -2.59. The molecule has 3 heteroatoms. The number of hydrogen-bond donors (Lipinski definition) is 1. The summed E-state index contributed by atoms with van der Waals surface area (Å²) < 4.78 is 5.58.